The van der Waals surface area contributed by atoms with Crippen LogP contribution in [0.3, 0.4) is 0 Å². The molecule has 0 saturated heterocycles. The van der Waals surface area contributed by atoms with Crippen molar-refractivity contribution < 1.29 is 19.1 Å². The van der Waals surface area contributed by atoms with Crippen molar-refractivity contribution >= 4 is 35.0 Å². The zero-order chi connectivity index (χ0) is 22.2. The van der Waals surface area contributed by atoms with Gasteiger partial charge >= 0.3 is 0 Å². The van der Waals surface area contributed by atoms with E-state index in [9.17, 15) is 9.59 Å². The summed E-state index contributed by atoms with van der Waals surface area (Å²) in [6, 6.07) is 21.0. The van der Waals surface area contributed by atoms with Crippen LogP contribution >= 0.6 is 23.2 Å². The SMILES string of the molecule is CC(Oc1ccc(Cl)cc1Cl)C(=O)NNC(=O)c1ccccc1OCc1ccccc1. The molecule has 0 aliphatic carbocycles. The lowest BCUT2D eigenvalue weighted by molar-refractivity contribution is -0.128. The van der Waals surface area contributed by atoms with Crippen LogP contribution in [0.5, 0.6) is 11.5 Å². The van der Waals surface area contributed by atoms with Gasteiger partial charge < -0.3 is 9.47 Å². The molecule has 0 saturated carbocycles. The van der Waals surface area contributed by atoms with Gasteiger partial charge in [-0.05, 0) is 42.8 Å². The fourth-order valence-corrected chi connectivity index (χ4v) is 3.07. The molecular weight excluding hydrogens is 439 g/mol. The zero-order valence-electron chi connectivity index (χ0n) is 16.6. The lowest BCUT2D eigenvalue weighted by Gasteiger charge is -2.17. The molecule has 0 bridgehead atoms. The highest BCUT2D eigenvalue weighted by Gasteiger charge is 2.18. The Morgan fingerprint density at radius 3 is 2.35 bits per heavy atom. The minimum absolute atomic E-state index is 0.278. The lowest BCUT2D eigenvalue weighted by atomic mass is 10.2. The van der Waals surface area contributed by atoms with E-state index in [2.05, 4.69) is 10.9 Å². The largest absolute Gasteiger partial charge is 0.488 e. The maximum absolute atomic E-state index is 12.6. The topological polar surface area (TPSA) is 76.7 Å². The summed E-state index contributed by atoms with van der Waals surface area (Å²) in [4.78, 5) is 24.9. The van der Waals surface area contributed by atoms with Crippen molar-refractivity contribution in [1.29, 1.82) is 0 Å². The first-order chi connectivity index (χ1) is 14.9. The van der Waals surface area contributed by atoms with E-state index in [0.29, 0.717) is 23.1 Å². The number of ether oxygens (including phenoxy) is 2. The van der Waals surface area contributed by atoms with Crippen LogP contribution in [0.2, 0.25) is 10.0 Å². The Labute approximate surface area is 190 Å². The maximum atomic E-state index is 12.6. The molecule has 0 aromatic heterocycles. The van der Waals surface area contributed by atoms with Gasteiger partial charge in [0.2, 0.25) is 0 Å². The van der Waals surface area contributed by atoms with E-state index in [4.69, 9.17) is 32.7 Å². The Morgan fingerprint density at radius 1 is 0.903 bits per heavy atom. The van der Waals surface area contributed by atoms with Gasteiger partial charge in [0.15, 0.2) is 6.10 Å². The molecule has 31 heavy (non-hydrogen) atoms. The number of nitrogens with one attached hydrogen (secondary N) is 2. The minimum Gasteiger partial charge on any atom is -0.488 e. The summed E-state index contributed by atoms with van der Waals surface area (Å²) in [5.41, 5.74) is 5.98. The van der Waals surface area contributed by atoms with E-state index < -0.39 is 17.9 Å². The van der Waals surface area contributed by atoms with Gasteiger partial charge in [0.05, 0.1) is 10.6 Å². The lowest BCUT2D eigenvalue weighted by Crippen LogP contribution is -2.47. The van der Waals surface area contributed by atoms with Crippen LogP contribution in [0.15, 0.2) is 72.8 Å². The van der Waals surface area contributed by atoms with E-state index in [1.165, 1.54) is 13.0 Å². The van der Waals surface area contributed by atoms with Gasteiger partial charge in [-0.3, -0.25) is 20.4 Å². The monoisotopic (exact) mass is 458 g/mol. The summed E-state index contributed by atoms with van der Waals surface area (Å²) in [5.74, 6) is -0.370. The molecule has 3 rings (SSSR count). The number of rotatable bonds is 7. The highest BCUT2D eigenvalue weighted by Crippen LogP contribution is 2.28. The molecule has 3 aromatic rings. The standard InChI is InChI=1S/C23H20Cl2N2O4/c1-15(31-21-12-11-17(24)13-19(21)25)22(28)26-27-23(29)18-9-5-6-10-20(18)30-14-16-7-3-2-4-8-16/h2-13,15H,14H2,1H3,(H,26,28)(H,27,29). The van der Waals surface area contributed by atoms with Crippen LogP contribution in [0.25, 0.3) is 0 Å². The van der Waals surface area contributed by atoms with E-state index in [0.717, 1.165) is 5.56 Å². The minimum atomic E-state index is -0.913. The number of hydrazine groups is 1. The van der Waals surface area contributed by atoms with Crippen LogP contribution in [-0.2, 0) is 11.4 Å². The van der Waals surface area contributed by atoms with Crippen LogP contribution in [0.1, 0.15) is 22.8 Å². The van der Waals surface area contributed by atoms with E-state index in [1.54, 1.807) is 36.4 Å². The summed E-state index contributed by atoms with van der Waals surface area (Å²) < 4.78 is 11.3. The molecule has 0 aliphatic rings. The fourth-order valence-electron chi connectivity index (χ4n) is 2.62. The van der Waals surface area contributed by atoms with Crippen LogP contribution in [0.4, 0.5) is 0 Å². The molecule has 160 valence electrons. The number of halogens is 2. The first-order valence-electron chi connectivity index (χ1n) is 9.41. The summed E-state index contributed by atoms with van der Waals surface area (Å²) in [6.07, 6.45) is -0.913. The third-order valence-electron chi connectivity index (χ3n) is 4.23. The first kappa shape index (κ1) is 22.5. The summed E-state index contributed by atoms with van der Waals surface area (Å²) in [5, 5.41) is 0.732. The van der Waals surface area contributed by atoms with Gasteiger partial charge in [-0.15, -0.1) is 0 Å². The second kappa shape index (κ2) is 10.7. The Balaban J connectivity index is 1.57. The molecule has 0 heterocycles. The first-order valence-corrected chi connectivity index (χ1v) is 10.2. The quantitative estimate of drug-likeness (QED) is 0.498. The average molecular weight is 459 g/mol. The Hall–Kier alpha value is -3.22. The second-order valence-corrected chi connectivity index (χ2v) is 7.39. The number of amides is 2. The number of hydrogen-bond acceptors (Lipinski definition) is 4. The summed E-state index contributed by atoms with van der Waals surface area (Å²) in [7, 11) is 0. The number of carbonyl (C=O) groups excluding carboxylic acids is 2. The van der Waals surface area contributed by atoms with Crippen LogP contribution < -0.4 is 20.3 Å². The van der Waals surface area contributed by atoms with Gasteiger partial charge in [0.1, 0.15) is 18.1 Å². The molecule has 8 heteroatoms. The molecule has 2 N–H and O–H groups in total. The molecule has 0 radical (unpaired) electrons. The molecule has 6 nitrogen and oxygen atoms in total. The molecular formula is C23H20Cl2N2O4. The Bertz CT molecular complexity index is 1060. The van der Waals surface area contributed by atoms with Crippen molar-refractivity contribution in [2.45, 2.75) is 19.6 Å². The van der Waals surface area contributed by atoms with Crippen molar-refractivity contribution in [1.82, 2.24) is 10.9 Å². The van der Waals surface area contributed by atoms with Crippen molar-refractivity contribution in [3.8, 4) is 11.5 Å². The average Bonchev–Trinajstić information content (AvgIpc) is 2.78. The number of hydrogen-bond donors (Lipinski definition) is 2. The molecule has 1 unspecified atom stereocenters. The van der Waals surface area contributed by atoms with Gasteiger partial charge in [-0.25, -0.2) is 0 Å². The van der Waals surface area contributed by atoms with Crippen molar-refractivity contribution in [3.63, 3.8) is 0 Å². The zero-order valence-corrected chi connectivity index (χ0v) is 18.1. The van der Waals surface area contributed by atoms with Crippen LogP contribution in [-0.4, -0.2) is 17.9 Å². The predicted molar refractivity (Wildman–Crippen MR) is 119 cm³/mol. The van der Waals surface area contributed by atoms with Crippen molar-refractivity contribution in [2.24, 2.45) is 0 Å². The maximum Gasteiger partial charge on any atom is 0.279 e. The Kier molecular flexibility index (Phi) is 7.76. The normalized spacial score (nSPS) is 11.3. The highest BCUT2D eigenvalue weighted by atomic mass is 35.5. The molecule has 3 aromatic carbocycles. The molecule has 0 aliphatic heterocycles. The Morgan fingerprint density at radius 2 is 1.61 bits per heavy atom. The third-order valence-corrected chi connectivity index (χ3v) is 4.77. The number of benzene rings is 3. The fraction of sp³-hybridized carbons (Fsp3) is 0.130. The highest BCUT2D eigenvalue weighted by molar-refractivity contribution is 6.35. The number of carbonyl (C=O) groups is 2. The van der Waals surface area contributed by atoms with Gasteiger partial charge in [0, 0.05) is 5.02 Å². The summed E-state index contributed by atoms with van der Waals surface area (Å²) in [6.45, 7) is 1.84. The van der Waals surface area contributed by atoms with Gasteiger partial charge in [-0.1, -0.05) is 65.7 Å². The van der Waals surface area contributed by atoms with Crippen LogP contribution in [0, 0.1) is 0 Å². The molecule has 0 fully saturated rings. The smallest absolute Gasteiger partial charge is 0.279 e. The van der Waals surface area contributed by atoms with Gasteiger partial charge in [0.25, 0.3) is 11.8 Å². The summed E-state index contributed by atoms with van der Waals surface area (Å²) >= 11 is 11.9. The van der Waals surface area contributed by atoms with E-state index in [-0.39, 0.29) is 10.6 Å². The number of para-hydroxylation sites is 1. The predicted octanol–water partition coefficient (Wildman–Crippen LogP) is 4.80. The van der Waals surface area contributed by atoms with E-state index >= 15 is 0 Å². The molecule has 1 atom stereocenters. The third kappa shape index (κ3) is 6.38. The van der Waals surface area contributed by atoms with Gasteiger partial charge in [-0.2, -0.15) is 0 Å². The van der Waals surface area contributed by atoms with Crippen molar-refractivity contribution in [2.75, 3.05) is 0 Å². The molecule has 2 amide bonds. The van der Waals surface area contributed by atoms with E-state index in [1.807, 2.05) is 30.3 Å². The molecule has 0 spiro atoms. The van der Waals surface area contributed by atoms with Crippen molar-refractivity contribution in [3.05, 3.63) is 94.0 Å². The second-order valence-electron chi connectivity index (χ2n) is 6.55.